The van der Waals surface area contributed by atoms with E-state index in [9.17, 15) is 14.4 Å². The Labute approximate surface area is 207 Å². The molecule has 0 bridgehead atoms. The van der Waals surface area contributed by atoms with E-state index >= 15 is 0 Å². The molecule has 0 spiro atoms. The minimum atomic E-state index is -0.610. The van der Waals surface area contributed by atoms with Gasteiger partial charge in [0, 0.05) is 18.7 Å². The van der Waals surface area contributed by atoms with Gasteiger partial charge in [-0.1, -0.05) is 53.5 Å². The van der Waals surface area contributed by atoms with E-state index in [0.29, 0.717) is 18.2 Å². The minimum Gasteiger partial charge on any atom is -0.463 e. The lowest BCUT2D eigenvalue weighted by Gasteiger charge is -2.40. The van der Waals surface area contributed by atoms with E-state index in [1.807, 2.05) is 33.8 Å². The number of esters is 1. The Balaban J connectivity index is 3.13. The number of likely N-dealkylation sites (tertiary alicyclic amines) is 1. The molecule has 0 aromatic carbocycles. The topological polar surface area (TPSA) is 79.0 Å². The zero-order chi connectivity index (χ0) is 26.0. The summed E-state index contributed by atoms with van der Waals surface area (Å²) in [6, 6.07) is -0.759. The van der Waals surface area contributed by atoms with Crippen molar-refractivity contribution in [3.05, 3.63) is 11.6 Å². The van der Waals surface area contributed by atoms with Gasteiger partial charge in [0.2, 0.25) is 11.8 Å². The number of hydrogen-bond acceptors (Lipinski definition) is 5. The maximum Gasteiger partial charge on any atom is 0.333 e. The van der Waals surface area contributed by atoms with E-state index in [1.54, 1.807) is 25.8 Å². The third-order valence-electron chi connectivity index (χ3n) is 7.28. The molecule has 1 N–H and O–H groups in total. The standard InChI is InChI=1S/C27H49N3O4/c1-10-19(6)24(28-25(31)22-15-13-14-16-30(22)21(8)11-2)26(32)29(9)23(18(4)5)17-20(7)27(33)34-12-3/h17-19,21-24H,10-16H2,1-9H3,(H,28,31)/t19-,21?,22-,23-,24-/m1/s1. The van der Waals surface area contributed by atoms with Crippen LogP contribution in [0.5, 0.6) is 0 Å². The molecule has 1 aliphatic rings. The first kappa shape index (κ1) is 30.1. The zero-order valence-electron chi connectivity index (χ0n) is 23.0. The number of rotatable bonds is 12. The van der Waals surface area contributed by atoms with E-state index in [1.165, 1.54) is 0 Å². The first-order valence-electron chi connectivity index (χ1n) is 13.2. The van der Waals surface area contributed by atoms with E-state index < -0.39 is 6.04 Å². The van der Waals surface area contributed by atoms with Gasteiger partial charge in [-0.15, -0.1) is 0 Å². The third kappa shape index (κ3) is 8.10. The molecule has 1 rings (SSSR count). The largest absolute Gasteiger partial charge is 0.463 e. The SMILES string of the molecule is CCOC(=O)C(C)=C[C@H](C(C)C)N(C)C(=O)[C@H](NC(=O)[C@H]1CCCCN1C(C)CC)[C@H](C)CC. The summed E-state index contributed by atoms with van der Waals surface area (Å²) in [6.07, 6.45) is 6.52. The smallest absolute Gasteiger partial charge is 0.333 e. The van der Waals surface area contributed by atoms with Crippen molar-refractivity contribution in [2.24, 2.45) is 11.8 Å². The molecule has 1 unspecified atom stereocenters. The number of carbonyl (C=O) groups excluding carboxylic acids is 3. The first-order chi connectivity index (χ1) is 16.0. The maximum atomic E-state index is 13.7. The monoisotopic (exact) mass is 479 g/mol. The van der Waals surface area contributed by atoms with Crippen LogP contribution in [0.25, 0.3) is 0 Å². The molecule has 1 heterocycles. The Morgan fingerprint density at radius 3 is 2.26 bits per heavy atom. The maximum absolute atomic E-state index is 13.7. The average Bonchev–Trinajstić information content (AvgIpc) is 2.83. The predicted octanol–water partition coefficient (Wildman–Crippen LogP) is 4.16. The van der Waals surface area contributed by atoms with Crippen LogP contribution in [0.15, 0.2) is 11.6 Å². The molecular weight excluding hydrogens is 430 g/mol. The summed E-state index contributed by atoms with van der Waals surface area (Å²) in [7, 11) is 1.76. The molecule has 0 saturated carbocycles. The summed E-state index contributed by atoms with van der Waals surface area (Å²) in [5.41, 5.74) is 0.482. The number of nitrogens with one attached hydrogen (secondary N) is 1. The summed E-state index contributed by atoms with van der Waals surface area (Å²) >= 11 is 0. The highest BCUT2D eigenvalue weighted by molar-refractivity contribution is 5.91. The Morgan fingerprint density at radius 1 is 1.09 bits per heavy atom. The molecule has 1 fully saturated rings. The van der Waals surface area contributed by atoms with Crippen molar-refractivity contribution in [3.8, 4) is 0 Å². The summed E-state index contributed by atoms with van der Waals surface area (Å²) in [4.78, 5) is 43.3. The van der Waals surface area contributed by atoms with Crippen LogP contribution in [0.3, 0.4) is 0 Å². The van der Waals surface area contributed by atoms with Gasteiger partial charge in [0.05, 0.1) is 18.7 Å². The van der Waals surface area contributed by atoms with Crippen molar-refractivity contribution < 1.29 is 19.1 Å². The fourth-order valence-corrected chi connectivity index (χ4v) is 4.62. The summed E-state index contributed by atoms with van der Waals surface area (Å²) in [6.45, 7) is 17.1. The van der Waals surface area contributed by atoms with Crippen LogP contribution >= 0.6 is 0 Å². The minimum absolute atomic E-state index is 0.0116. The van der Waals surface area contributed by atoms with Crippen LogP contribution in [0, 0.1) is 11.8 Å². The highest BCUT2D eigenvalue weighted by Gasteiger charge is 2.36. The van der Waals surface area contributed by atoms with Gasteiger partial charge < -0.3 is 15.0 Å². The number of hydrogen-bond donors (Lipinski definition) is 1. The first-order valence-corrected chi connectivity index (χ1v) is 13.2. The number of likely N-dealkylation sites (N-methyl/N-ethyl adjacent to an activating group) is 1. The molecule has 0 radical (unpaired) electrons. The molecule has 0 aromatic rings. The van der Waals surface area contributed by atoms with Gasteiger partial charge in [0.1, 0.15) is 6.04 Å². The van der Waals surface area contributed by atoms with Gasteiger partial charge in [-0.2, -0.15) is 0 Å². The average molecular weight is 480 g/mol. The predicted molar refractivity (Wildman–Crippen MR) is 137 cm³/mol. The van der Waals surface area contributed by atoms with Gasteiger partial charge in [-0.3, -0.25) is 14.5 Å². The van der Waals surface area contributed by atoms with Crippen LogP contribution in [0.1, 0.15) is 87.5 Å². The fraction of sp³-hybridized carbons (Fsp3) is 0.815. The van der Waals surface area contributed by atoms with Crippen LogP contribution in [0.4, 0.5) is 0 Å². The van der Waals surface area contributed by atoms with Crippen molar-refractivity contribution in [1.29, 1.82) is 0 Å². The number of amides is 2. The number of ether oxygens (including phenoxy) is 1. The molecule has 1 aliphatic heterocycles. The third-order valence-corrected chi connectivity index (χ3v) is 7.28. The van der Waals surface area contributed by atoms with Crippen LogP contribution in [-0.4, -0.2) is 72.0 Å². The molecule has 34 heavy (non-hydrogen) atoms. The van der Waals surface area contributed by atoms with E-state index in [0.717, 1.165) is 38.6 Å². The van der Waals surface area contributed by atoms with Crippen LogP contribution < -0.4 is 5.32 Å². The van der Waals surface area contributed by atoms with Gasteiger partial charge in [-0.05, 0) is 58.4 Å². The van der Waals surface area contributed by atoms with Gasteiger partial charge in [0.25, 0.3) is 0 Å². The highest BCUT2D eigenvalue weighted by atomic mass is 16.5. The van der Waals surface area contributed by atoms with Gasteiger partial charge in [0.15, 0.2) is 0 Å². The lowest BCUT2D eigenvalue weighted by molar-refractivity contribution is -0.141. The summed E-state index contributed by atoms with van der Waals surface area (Å²) in [5.74, 6) is -0.469. The second-order valence-electron chi connectivity index (χ2n) is 10.1. The molecule has 196 valence electrons. The molecule has 0 aromatic heterocycles. The summed E-state index contributed by atoms with van der Waals surface area (Å²) in [5, 5.41) is 3.13. The molecule has 2 amide bonds. The Kier molecular flexibility index (Phi) is 12.9. The quantitative estimate of drug-likeness (QED) is 0.336. The van der Waals surface area contributed by atoms with Crippen molar-refractivity contribution >= 4 is 17.8 Å². The molecule has 0 aliphatic carbocycles. The molecule has 7 nitrogen and oxygen atoms in total. The normalized spacial score (nSPS) is 20.9. The van der Waals surface area contributed by atoms with Gasteiger partial charge >= 0.3 is 5.97 Å². The van der Waals surface area contributed by atoms with Crippen LogP contribution in [-0.2, 0) is 19.1 Å². The van der Waals surface area contributed by atoms with E-state index in [-0.39, 0.29) is 41.7 Å². The molecule has 7 heteroatoms. The van der Waals surface area contributed by atoms with E-state index in [4.69, 9.17) is 4.74 Å². The summed E-state index contributed by atoms with van der Waals surface area (Å²) < 4.78 is 5.11. The van der Waals surface area contributed by atoms with Gasteiger partial charge in [-0.25, -0.2) is 4.79 Å². The van der Waals surface area contributed by atoms with E-state index in [2.05, 4.69) is 24.1 Å². The molecule has 1 saturated heterocycles. The van der Waals surface area contributed by atoms with Crippen molar-refractivity contribution in [2.75, 3.05) is 20.2 Å². The Morgan fingerprint density at radius 2 is 1.74 bits per heavy atom. The lowest BCUT2D eigenvalue weighted by atomic mass is 9.93. The Bertz CT molecular complexity index is 706. The van der Waals surface area contributed by atoms with Crippen molar-refractivity contribution in [3.63, 3.8) is 0 Å². The number of piperidine rings is 1. The van der Waals surface area contributed by atoms with Crippen molar-refractivity contribution in [2.45, 2.75) is 112 Å². The number of nitrogens with zero attached hydrogens (tertiary/aromatic N) is 2. The second kappa shape index (κ2) is 14.5. The molecular formula is C27H49N3O4. The van der Waals surface area contributed by atoms with Crippen molar-refractivity contribution in [1.82, 2.24) is 15.1 Å². The zero-order valence-corrected chi connectivity index (χ0v) is 23.0. The molecule has 5 atom stereocenters. The Hall–Kier alpha value is -1.89. The lowest BCUT2D eigenvalue weighted by Crippen LogP contribution is -2.59. The fourth-order valence-electron chi connectivity index (χ4n) is 4.62. The number of carbonyl (C=O) groups is 3. The van der Waals surface area contributed by atoms with Crippen LogP contribution in [0.2, 0.25) is 0 Å². The second-order valence-corrected chi connectivity index (χ2v) is 10.1. The highest BCUT2D eigenvalue weighted by Crippen LogP contribution is 2.23.